The van der Waals surface area contributed by atoms with Gasteiger partial charge in [-0.05, 0) is 12.2 Å². The third kappa shape index (κ3) is 1.94. The van der Waals surface area contributed by atoms with Gasteiger partial charge in [0.25, 0.3) is 5.70 Å². The molecular formula is C7H5NO5S. The Balaban J connectivity index is 3.22. The molecule has 0 radical (unpaired) electrons. The number of nitrogens with zero attached hydrogens (tertiary/aromatic N) is 1. The zero-order valence-corrected chi connectivity index (χ0v) is 7.61. The van der Waals surface area contributed by atoms with Crippen LogP contribution in [0.25, 0.3) is 0 Å². The van der Waals surface area contributed by atoms with Gasteiger partial charge in [0.05, 0.1) is 27.5 Å². The third-order valence-electron chi connectivity index (χ3n) is 1.65. The molecule has 0 saturated heterocycles. The second kappa shape index (κ2) is 3.97. The number of carboxylic acid groups (broad SMARTS) is 1. The second-order valence-electron chi connectivity index (χ2n) is 2.48. The van der Waals surface area contributed by atoms with E-state index in [1.54, 1.807) is 0 Å². The molecule has 1 aliphatic rings. The summed E-state index contributed by atoms with van der Waals surface area (Å²) in [6, 6.07) is 0. The van der Waals surface area contributed by atoms with Crippen molar-refractivity contribution in [2.24, 2.45) is 0 Å². The van der Waals surface area contributed by atoms with Gasteiger partial charge in [-0.25, -0.2) is 9.00 Å². The molecule has 14 heavy (non-hydrogen) atoms. The molecule has 0 saturated carbocycles. The van der Waals surface area contributed by atoms with Crippen molar-refractivity contribution >= 4 is 22.1 Å². The number of nitro groups is 1. The fraction of sp³-hybridized carbons (Fsp3) is 0.143. The van der Waals surface area contributed by atoms with Crippen molar-refractivity contribution in [2.75, 3.05) is 0 Å². The van der Waals surface area contributed by atoms with Gasteiger partial charge in [-0.3, -0.25) is 10.1 Å². The molecule has 0 aromatic carbocycles. The van der Waals surface area contributed by atoms with Crippen LogP contribution in [0.1, 0.15) is 6.42 Å². The first-order chi connectivity index (χ1) is 6.56. The third-order valence-corrected chi connectivity index (χ3v) is 2.14. The normalized spacial score (nSPS) is 15.6. The molecule has 0 heterocycles. The topological polar surface area (TPSA) is 97.5 Å². The molecule has 0 fully saturated rings. The Hall–Kier alpha value is -1.76. The summed E-state index contributed by atoms with van der Waals surface area (Å²) < 4.78 is 10.4. The summed E-state index contributed by atoms with van der Waals surface area (Å²) in [6.07, 6.45) is 2.14. The van der Waals surface area contributed by atoms with Gasteiger partial charge in [0.15, 0.2) is 0 Å². The molecule has 0 spiro atoms. The minimum atomic E-state index is -1.36. The van der Waals surface area contributed by atoms with E-state index in [1.807, 2.05) is 0 Å². The van der Waals surface area contributed by atoms with Gasteiger partial charge in [-0.1, -0.05) is 0 Å². The Morgan fingerprint density at radius 1 is 1.57 bits per heavy atom. The minimum Gasteiger partial charge on any atom is -0.477 e. The van der Waals surface area contributed by atoms with E-state index in [0.717, 1.165) is 6.08 Å². The highest BCUT2D eigenvalue weighted by atomic mass is 32.1. The lowest BCUT2D eigenvalue weighted by Gasteiger charge is -2.05. The van der Waals surface area contributed by atoms with Crippen molar-refractivity contribution < 1.29 is 19.0 Å². The largest absolute Gasteiger partial charge is 0.477 e. The van der Waals surface area contributed by atoms with E-state index in [1.165, 1.54) is 6.08 Å². The smallest absolute Gasteiger partial charge is 0.342 e. The van der Waals surface area contributed by atoms with E-state index in [4.69, 9.17) is 5.11 Å². The molecule has 7 heteroatoms. The van der Waals surface area contributed by atoms with Crippen LogP contribution in [0.2, 0.25) is 0 Å². The summed E-state index contributed by atoms with van der Waals surface area (Å²) in [6.45, 7) is 0. The number of hydrogen-bond donors (Lipinski definition) is 1. The number of aliphatic carboxylic acids is 1. The first kappa shape index (κ1) is 10.3. The van der Waals surface area contributed by atoms with Crippen LogP contribution in [0, 0.1) is 10.1 Å². The predicted molar refractivity (Wildman–Crippen MR) is 48.6 cm³/mol. The fourth-order valence-corrected chi connectivity index (χ4v) is 1.33. The zero-order chi connectivity index (χ0) is 10.7. The van der Waals surface area contributed by atoms with Crippen LogP contribution in [0.15, 0.2) is 23.4 Å². The van der Waals surface area contributed by atoms with Crippen molar-refractivity contribution in [3.63, 3.8) is 0 Å². The average Bonchev–Trinajstić information content (AvgIpc) is 2.16. The van der Waals surface area contributed by atoms with E-state index in [2.05, 4.69) is 0 Å². The molecule has 74 valence electrons. The molecule has 1 aliphatic carbocycles. The van der Waals surface area contributed by atoms with Gasteiger partial charge < -0.3 is 5.11 Å². The SMILES string of the molecule is O=S=C1C=CC(C(=O)O)=C([N+](=O)[O-])C1. The maximum absolute atomic E-state index is 10.6. The Morgan fingerprint density at radius 3 is 2.64 bits per heavy atom. The van der Waals surface area contributed by atoms with Crippen molar-refractivity contribution in [2.45, 2.75) is 6.42 Å². The minimum absolute atomic E-state index is 0.129. The summed E-state index contributed by atoms with van der Waals surface area (Å²) >= 11 is 0.129. The van der Waals surface area contributed by atoms with Crippen LogP contribution < -0.4 is 0 Å². The highest BCUT2D eigenvalue weighted by Crippen LogP contribution is 2.17. The van der Waals surface area contributed by atoms with E-state index in [0.29, 0.717) is 0 Å². The van der Waals surface area contributed by atoms with Gasteiger partial charge in [0, 0.05) is 0 Å². The Labute approximate surface area is 81.8 Å². The van der Waals surface area contributed by atoms with Gasteiger partial charge in [0.1, 0.15) is 5.57 Å². The standard InChI is InChI=1S/C7H5NO5S/c9-7(10)5-2-1-4(14-13)3-6(5)8(11)12/h1-2H,3H2,(H,9,10). The molecule has 0 unspecified atom stereocenters. The number of rotatable bonds is 2. The zero-order valence-electron chi connectivity index (χ0n) is 6.80. The molecule has 6 nitrogen and oxygen atoms in total. The summed E-state index contributed by atoms with van der Waals surface area (Å²) in [5, 5.41) is 19.1. The van der Waals surface area contributed by atoms with Gasteiger partial charge in [0.2, 0.25) is 0 Å². The van der Waals surface area contributed by atoms with Crippen LogP contribution in [-0.4, -0.2) is 25.1 Å². The van der Waals surface area contributed by atoms with Gasteiger partial charge in [-0.15, -0.1) is 0 Å². The predicted octanol–water partition coefficient (Wildman–Crippen LogP) is -0.0529. The lowest BCUT2D eigenvalue weighted by atomic mass is 10.0. The Bertz CT molecular complexity index is 416. The maximum atomic E-state index is 10.6. The van der Waals surface area contributed by atoms with Crippen molar-refractivity contribution in [1.29, 1.82) is 0 Å². The average molecular weight is 215 g/mol. The first-order valence-electron chi connectivity index (χ1n) is 3.51. The molecule has 1 N–H and O–H groups in total. The first-order valence-corrected chi connectivity index (χ1v) is 4.25. The molecule has 0 aromatic rings. The maximum Gasteiger partial charge on any atom is 0.342 e. The lowest BCUT2D eigenvalue weighted by molar-refractivity contribution is -0.426. The van der Waals surface area contributed by atoms with Gasteiger partial charge >= 0.3 is 5.97 Å². The van der Waals surface area contributed by atoms with E-state index >= 15 is 0 Å². The molecule has 0 aromatic heterocycles. The highest BCUT2D eigenvalue weighted by Gasteiger charge is 2.26. The fourth-order valence-electron chi connectivity index (χ4n) is 1.01. The van der Waals surface area contributed by atoms with Crippen molar-refractivity contribution in [3.05, 3.63) is 33.5 Å². The summed E-state index contributed by atoms with van der Waals surface area (Å²) in [4.78, 5) is 20.5. The number of carboxylic acids is 1. The monoisotopic (exact) mass is 215 g/mol. The van der Waals surface area contributed by atoms with Crippen LogP contribution in [0.5, 0.6) is 0 Å². The number of hydrogen-bond acceptors (Lipinski definition) is 4. The van der Waals surface area contributed by atoms with Gasteiger partial charge in [-0.2, -0.15) is 0 Å². The Morgan fingerprint density at radius 2 is 2.21 bits per heavy atom. The van der Waals surface area contributed by atoms with E-state index in [9.17, 15) is 19.1 Å². The summed E-state index contributed by atoms with van der Waals surface area (Å²) in [5.74, 6) is -1.36. The van der Waals surface area contributed by atoms with Crippen molar-refractivity contribution in [3.8, 4) is 0 Å². The van der Waals surface area contributed by atoms with Crippen LogP contribution in [0.4, 0.5) is 0 Å². The number of carbonyl (C=O) groups is 1. The molecule has 0 amide bonds. The summed E-state index contributed by atoms with van der Waals surface area (Å²) in [5.41, 5.74) is -0.814. The quantitative estimate of drug-likeness (QED) is 0.395. The number of allylic oxidation sites excluding steroid dienone is 2. The Kier molecular flexibility index (Phi) is 2.92. The highest BCUT2D eigenvalue weighted by molar-refractivity contribution is 7.66. The molecular weight excluding hydrogens is 210 g/mol. The summed E-state index contributed by atoms with van der Waals surface area (Å²) in [7, 11) is 0. The molecule has 0 aliphatic heterocycles. The molecule has 1 rings (SSSR count). The van der Waals surface area contributed by atoms with E-state index < -0.39 is 16.6 Å². The van der Waals surface area contributed by atoms with Crippen LogP contribution in [0.3, 0.4) is 0 Å². The molecule has 0 bridgehead atoms. The van der Waals surface area contributed by atoms with Crippen molar-refractivity contribution in [1.82, 2.24) is 0 Å². The van der Waals surface area contributed by atoms with Crippen LogP contribution >= 0.6 is 0 Å². The second-order valence-corrected chi connectivity index (χ2v) is 3.17. The molecule has 0 atom stereocenters. The van der Waals surface area contributed by atoms with Crippen LogP contribution in [-0.2, 0) is 16.1 Å². The lowest BCUT2D eigenvalue weighted by Crippen LogP contribution is -2.15. The van der Waals surface area contributed by atoms with E-state index in [-0.39, 0.29) is 28.1 Å².